The third-order valence-corrected chi connectivity index (χ3v) is 2.33. The number of morpholine rings is 1. The maximum atomic E-state index is 5.38. The SMILES string of the molecule is CC(C)CCCC1COCCN1. The van der Waals surface area contributed by atoms with Crippen LogP contribution in [0, 0.1) is 5.92 Å². The van der Waals surface area contributed by atoms with Crippen molar-refractivity contribution in [2.75, 3.05) is 19.8 Å². The largest absolute Gasteiger partial charge is 0.379 e. The minimum Gasteiger partial charge on any atom is -0.379 e. The minimum absolute atomic E-state index is 0.623. The summed E-state index contributed by atoms with van der Waals surface area (Å²) in [6.45, 7) is 7.40. The van der Waals surface area contributed by atoms with Crippen LogP contribution < -0.4 is 5.32 Å². The zero-order valence-electron chi connectivity index (χ0n) is 8.31. The molecule has 1 unspecified atom stereocenters. The van der Waals surface area contributed by atoms with Crippen LogP contribution in [0.5, 0.6) is 0 Å². The van der Waals surface area contributed by atoms with Crippen LogP contribution in [0.4, 0.5) is 0 Å². The summed E-state index contributed by atoms with van der Waals surface area (Å²) in [4.78, 5) is 0. The molecule has 0 amide bonds. The average molecular weight is 171 g/mol. The van der Waals surface area contributed by atoms with Crippen molar-refractivity contribution in [3.8, 4) is 0 Å². The molecule has 1 saturated heterocycles. The van der Waals surface area contributed by atoms with Crippen molar-refractivity contribution < 1.29 is 4.74 Å². The van der Waals surface area contributed by atoms with Crippen molar-refractivity contribution in [3.05, 3.63) is 0 Å². The summed E-state index contributed by atoms with van der Waals surface area (Å²) < 4.78 is 5.38. The molecule has 1 fully saturated rings. The van der Waals surface area contributed by atoms with Crippen LogP contribution >= 0.6 is 0 Å². The average Bonchev–Trinajstić information content (AvgIpc) is 2.05. The first-order valence-corrected chi connectivity index (χ1v) is 5.10. The van der Waals surface area contributed by atoms with Crippen LogP contribution in [0.15, 0.2) is 0 Å². The molecule has 0 radical (unpaired) electrons. The summed E-state index contributed by atoms with van der Waals surface area (Å²) in [5.41, 5.74) is 0. The van der Waals surface area contributed by atoms with Crippen LogP contribution in [0.3, 0.4) is 0 Å². The number of nitrogens with one attached hydrogen (secondary N) is 1. The van der Waals surface area contributed by atoms with Crippen LogP contribution in [-0.2, 0) is 4.74 Å². The quantitative estimate of drug-likeness (QED) is 0.696. The Hall–Kier alpha value is -0.0800. The van der Waals surface area contributed by atoms with Gasteiger partial charge < -0.3 is 10.1 Å². The van der Waals surface area contributed by atoms with Crippen molar-refractivity contribution in [1.29, 1.82) is 0 Å². The maximum absolute atomic E-state index is 5.38. The Morgan fingerprint density at radius 3 is 2.92 bits per heavy atom. The van der Waals surface area contributed by atoms with Crippen LogP contribution in [0.25, 0.3) is 0 Å². The molecule has 1 atom stereocenters. The second kappa shape index (κ2) is 5.55. The lowest BCUT2D eigenvalue weighted by Crippen LogP contribution is -2.41. The first-order valence-electron chi connectivity index (χ1n) is 5.10. The maximum Gasteiger partial charge on any atom is 0.0620 e. The van der Waals surface area contributed by atoms with E-state index in [9.17, 15) is 0 Å². The summed E-state index contributed by atoms with van der Waals surface area (Å²) >= 11 is 0. The van der Waals surface area contributed by atoms with E-state index in [0.29, 0.717) is 6.04 Å². The Kier molecular flexibility index (Phi) is 4.62. The zero-order valence-corrected chi connectivity index (χ0v) is 8.31. The highest BCUT2D eigenvalue weighted by molar-refractivity contribution is 4.69. The summed E-state index contributed by atoms with van der Waals surface area (Å²) in [7, 11) is 0. The highest BCUT2D eigenvalue weighted by Gasteiger charge is 2.11. The Labute approximate surface area is 75.7 Å². The lowest BCUT2D eigenvalue weighted by atomic mass is 10.0. The van der Waals surface area contributed by atoms with Crippen LogP contribution in [-0.4, -0.2) is 25.8 Å². The lowest BCUT2D eigenvalue weighted by Gasteiger charge is -2.23. The molecule has 0 spiro atoms. The molecule has 2 heteroatoms. The number of ether oxygens (including phenoxy) is 1. The molecule has 12 heavy (non-hydrogen) atoms. The molecule has 1 aliphatic rings. The fraction of sp³-hybridized carbons (Fsp3) is 1.00. The van der Waals surface area contributed by atoms with E-state index >= 15 is 0 Å². The number of hydrogen-bond donors (Lipinski definition) is 1. The van der Waals surface area contributed by atoms with Crippen LogP contribution in [0.2, 0.25) is 0 Å². The van der Waals surface area contributed by atoms with Gasteiger partial charge in [-0.1, -0.05) is 26.7 Å². The smallest absolute Gasteiger partial charge is 0.0620 e. The molecule has 0 aliphatic carbocycles. The lowest BCUT2D eigenvalue weighted by molar-refractivity contribution is 0.0731. The number of hydrogen-bond acceptors (Lipinski definition) is 2. The monoisotopic (exact) mass is 171 g/mol. The molecular weight excluding hydrogens is 150 g/mol. The number of rotatable bonds is 4. The Morgan fingerprint density at radius 2 is 2.33 bits per heavy atom. The molecule has 2 nitrogen and oxygen atoms in total. The molecule has 72 valence electrons. The third kappa shape index (κ3) is 4.07. The van der Waals surface area contributed by atoms with Crippen molar-refractivity contribution in [3.63, 3.8) is 0 Å². The van der Waals surface area contributed by atoms with Gasteiger partial charge in [-0.05, 0) is 12.3 Å². The van der Waals surface area contributed by atoms with E-state index in [1.54, 1.807) is 0 Å². The summed E-state index contributed by atoms with van der Waals surface area (Å²) in [5, 5.41) is 3.47. The topological polar surface area (TPSA) is 21.3 Å². The fourth-order valence-corrected chi connectivity index (χ4v) is 1.58. The minimum atomic E-state index is 0.623. The van der Waals surface area contributed by atoms with E-state index in [-0.39, 0.29) is 0 Å². The predicted octanol–water partition coefficient (Wildman–Crippen LogP) is 1.80. The van der Waals surface area contributed by atoms with Crippen molar-refractivity contribution in [2.24, 2.45) is 5.92 Å². The molecule has 1 N–H and O–H groups in total. The molecule has 1 aliphatic heterocycles. The molecule has 0 aromatic heterocycles. The van der Waals surface area contributed by atoms with E-state index in [1.165, 1.54) is 19.3 Å². The van der Waals surface area contributed by atoms with Gasteiger partial charge in [0.2, 0.25) is 0 Å². The fourth-order valence-electron chi connectivity index (χ4n) is 1.58. The second-order valence-electron chi connectivity index (χ2n) is 4.05. The van der Waals surface area contributed by atoms with E-state index < -0.39 is 0 Å². The van der Waals surface area contributed by atoms with Gasteiger partial charge in [0.25, 0.3) is 0 Å². The van der Waals surface area contributed by atoms with Gasteiger partial charge in [0.15, 0.2) is 0 Å². The standard InChI is InChI=1S/C10H21NO/c1-9(2)4-3-5-10-8-12-7-6-11-10/h9-11H,3-8H2,1-2H3. The summed E-state index contributed by atoms with van der Waals surface area (Å²) in [6.07, 6.45) is 3.95. The third-order valence-electron chi connectivity index (χ3n) is 2.33. The molecule has 1 heterocycles. The first kappa shape index (κ1) is 10.0. The first-order chi connectivity index (χ1) is 5.79. The van der Waals surface area contributed by atoms with E-state index in [1.807, 2.05) is 0 Å². The predicted molar refractivity (Wildman–Crippen MR) is 51.3 cm³/mol. The van der Waals surface area contributed by atoms with Gasteiger partial charge in [0.05, 0.1) is 13.2 Å². The highest BCUT2D eigenvalue weighted by Crippen LogP contribution is 2.09. The molecule has 0 saturated carbocycles. The van der Waals surface area contributed by atoms with E-state index in [0.717, 1.165) is 25.7 Å². The summed E-state index contributed by atoms with van der Waals surface area (Å²) in [6, 6.07) is 0.623. The van der Waals surface area contributed by atoms with E-state index in [4.69, 9.17) is 4.74 Å². The molecule has 0 bridgehead atoms. The Bertz CT molecular complexity index is 108. The summed E-state index contributed by atoms with van der Waals surface area (Å²) in [5.74, 6) is 0.842. The van der Waals surface area contributed by atoms with E-state index in [2.05, 4.69) is 19.2 Å². The van der Waals surface area contributed by atoms with Gasteiger partial charge in [-0.3, -0.25) is 0 Å². The Morgan fingerprint density at radius 1 is 1.50 bits per heavy atom. The van der Waals surface area contributed by atoms with Crippen molar-refractivity contribution in [2.45, 2.75) is 39.2 Å². The van der Waals surface area contributed by atoms with Gasteiger partial charge in [0, 0.05) is 12.6 Å². The molecule has 1 rings (SSSR count). The van der Waals surface area contributed by atoms with Gasteiger partial charge in [-0.25, -0.2) is 0 Å². The molecule has 0 aromatic rings. The van der Waals surface area contributed by atoms with Gasteiger partial charge >= 0.3 is 0 Å². The second-order valence-corrected chi connectivity index (χ2v) is 4.05. The van der Waals surface area contributed by atoms with Gasteiger partial charge in [0.1, 0.15) is 0 Å². The van der Waals surface area contributed by atoms with Crippen molar-refractivity contribution >= 4 is 0 Å². The van der Waals surface area contributed by atoms with Gasteiger partial charge in [-0.2, -0.15) is 0 Å². The highest BCUT2D eigenvalue weighted by atomic mass is 16.5. The van der Waals surface area contributed by atoms with Crippen molar-refractivity contribution in [1.82, 2.24) is 5.32 Å². The Balaban J connectivity index is 1.98. The zero-order chi connectivity index (χ0) is 8.81. The van der Waals surface area contributed by atoms with Gasteiger partial charge in [-0.15, -0.1) is 0 Å². The van der Waals surface area contributed by atoms with Crippen LogP contribution in [0.1, 0.15) is 33.1 Å². The molecule has 0 aromatic carbocycles. The molecular formula is C10H21NO. The normalized spacial score (nSPS) is 24.8.